The minimum atomic E-state index is -0.486. The highest BCUT2D eigenvalue weighted by Gasteiger charge is 2.39. The SMILES string of the molecule is CC(C)(C)OC(=O)N1CCC[C@H]1[C@@H]1CCCN(C(=O)c2ccncc2)C1. The largest absolute Gasteiger partial charge is 0.444 e. The van der Waals surface area contributed by atoms with E-state index in [0.717, 1.165) is 38.8 Å². The standard InChI is InChI=1S/C20H29N3O3/c1-20(2,3)26-19(25)23-13-5-7-17(23)16-6-4-12-22(14-16)18(24)15-8-10-21-11-9-15/h8-11,16-17H,4-7,12-14H2,1-3H3/t16-,17+/m1/s1. The molecule has 2 aliphatic rings. The number of hydrogen-bond acceptors (Lipinski definition) is 4. The van der Waals surface area contributed by atoms with Crippen LogP contribution in [0.3, 0.4) is 0 Å². The summed E-state index contributed by atoms with van der Waals surface area (Å²) >= 11 is 0. The Balaban J connectivity index is 1.67. The van der Waals surface area contributed by atoms with E-state index in [4.69, 9.17) is 4.74 Å². The average molecular weight is 359 g/mol. The molecule has 1 aromatic rings. The summed E-state index contributed by atoms with van der Waals surface area (Å²) in [7, 11) is 0. The lowest BCUT2D eigenvalue weighted by molar-refractivity contribution is 0.0127. The van der Waals surface area contributed by atoms with Crippen molar-refractivity contribution in [3.63, 3.8) is 0 Å². The van der Waals surface area contributed by atoms with E-state index in [-0.39, 0.29) is 18.0 Å². The minimum absolute atomic E-state index is 0.0546. The van der Waals surface area contributed by atoms with E-state index in [2.05, 4.69) is 4.98 Å². The topological polar surface area (TPSA) is 62.7 Å². The van der Waals surface area contributed by atoms with E-state index in [1.807, 2.05) is 30.6 Å². The van der Waals surface area contributed by atoms with Crippen LogP contribution in [0.25, 0.3) is 0 Å². The first-order valence-electron chi connectivity index (χ1n) is 9.54. The predicted molar refractivity (Wildman–Crippen MR) is 98.8 cm³/mol. The van der Waals surface area contributed by atoms with Gasteiger partial charge in [0.05, 0.1) is 0 Å². The van der Waals surface area contributed by atoms with Gasteiger partial charge in [-0.1, -0.05) is 0 Å². The van der Waals surface area contributed by atoms with E-state index in [1.165, 1.54) is 0 Å². The normalized spacial score (nSPS) is 23.8. The monoisotopic (exact) mass is 359 g/mol. The maximum atomic E-state index is 12.8. The van der Waals surface area contributed by atoms with E-state index >= 15 is 0 Å². The quantitative estimate of drug-likeness (QED) is 0.812. The smallest absolute Gasteiger partial charge is 0.410 e. The molecular weight excluding hydrogens is 330 g/mol. The molecule has 2 aliphatic heterocycles. The Morgan fingerprint density at radius 2 is 1.81 bits per heavy atom. The zero-order chi connectivity index (χ0) is 18.7. The summed E-state index contributed by atoms with van der Waals surface area (Å²) in [4.78, 5) is 33.1. The molecule has 2 fully saturated rings. The molecule has 0 spiro atoms. The molecule has 0 unspecified atom stereocenters. The summed E-state index contributed by atoms with van der Waals surface area (Å²) in [6.45, 7) is 7.90. The average Bonchev–Trinajstić information content (AvgIpc) is 3.10. The number of ether oxygens (including phenoxy) is 1. The second-order valence-corrected chi connectivity index (χ2v) is 8.27. The lowest BCUT2D eigenvalue weighted by Gasteiger charge is -2.39. The van der Waals surface area contributed by atoms with E-state index < -0.39 is 5.60 Å². The van der Waals surface area contributed by atoms with Crippen LogP contribution >= 0.6 is 0 Å². The number of rotatable bonds is 2. The summed E-state index contributed by atoms with van der Waals surface area (Å²) in [5.41, 5.74) is 0.191. The number of carbonyl (C=O) groups is 2. The van der Waals surface area contributed by atoms with Crippen molar-refractivity contribution in [3.05, 3.63) is 30.1 Å². The Hall–Kier alpha value is -2.11. The van der Waals surface area contributed by atoms with Gasteiger partial charge in [-0.3, -0.25) is 9.78 Å². The van der Waals surface area contributed by atoms with Gasteiger partial charge in [-0.15, -0.1) is 0 Å². The van der Waals surface area contributed by atoms with E-state index in [1.54, 1.807) is 24.5 Å². The van der Waals surface area contributed by atoms with Crippen molar-refractivity contribution < 1.29 is 14.3 Å². The molecule has 142 valence electrons. The first-order chi connectivity index (χ1) is 12.3. The number of piperidine rings is 1. The zero-order valence-corrected chi connectivity index (χ0v) is 16.0. The van der Waals surface area contributed by atoms with Crippen molar-refractivity contribution in [2.45, 2.75) is 58.1 Å². The van der Waals surface area contributed by atoms with Crippen LogP contribution in [0, 0.1) is 5.92 Å². The van der Waals surface area contributed by atoms with Crippen LogP contribution in [0.5, 0.6) is 0 Å². The molecule has 6 nitrogen and oxygen atoms in total. The summed E-state index contributed by atoms with van der Waals surface area (Å²) < 4.78 is 5.59. The van der Waals surface area contributed by atoms with Gasteiger partial charge in [0.2, 0.25) is 0 Å². The molecule has 3 heterocycles. The molecule has 26 heavy (non-hydrogen) atoms. The highest BCUT2D eigenvalue weighted by molar-refractivity contribution is 5.94. The van der Waals surface area contributed by atoms with Gasteiger partial charge < -0.3 is 14.5 Å². The molecule has 2 saturated heterocycles. The third kappa shape index (κ3) is 4.34. The predicted octanol–water partition coefficient (Wildman–Crippen LogP) is 3.33. The van der Waals surface area contributed by atoms with Crippen LogP contribution in [-0.4, -0.2) is 58.1 Å². The second-order valence-electron chi connectivity index (χ2n) is 8.27. The summed E-state index contributed by atoms with van der Waals surface area (Å²) in [5, 5.41) is 0. The number of aromatic nitrogens is 1. The Labute approximate surface area is 155 Å². The van der Waals surface area contributed by atoms with Crippen molar-refractivity contribution in [2.75, 3.05) is 19.6 Å². The Kier molecular flexibility index (Phi) is 5.49. The van der Waals surface area contributed by atoms with Crippen LogP contribution in [-0.2, 0) is 4.74 Å². The fraction of sp³-hybridized carbons (Fsp3) is 0.650. The number of hydrogen-bond donors (Lipinski definition) is 0. The van der Waals surface area contributed by atoms with Gasteiger partial charge in [-0.25, -0.2) is 4.79 Å². The Bertz CT molecular complexity index is 641. The highest BCUT2D eigenvalue weighted by atomic mass is 16.6. The van der Waals surface area contributed by atoms with Crippen LogP contribution in [0.4, 0.5) is 4.79 Å². The van der Waals surface area contributed by atoms with Crippen molar-refractivity contribution >= 4 is 12.0 Å². The van der Waals surface area contributed by atoms with Gasteiger partial charge in [-0.2, -0.15) is 0 Å². The van der Waals surface area contributed by atoms with Gasteiger partial charge in [0.25, 0.3) is 5.91 Å². The zero-order valence-electron chi connectivity index (χ0n) is 16.0. The van der Waals surface area contributed by atoms with Gasteiger partial charge in [0, 0.05) is 43.6 Å². The van der Waals surface area contributed by atoms with Crippen molar-refractivity contribution in [2.24, 2.45) is 5.92 Å². The molecule has 0 saturated carbocycles. The van der Waals surface area contributed by atoms with Crippen molar-refractivity contribution in [3.8, 4) is 0 Å². The van der Waals surface area contributed by atoms with E-state index in [0.29, 0.717) is 18.0 Å². The lowest BCUT2D eigenvalue weighted by atomic mass is 9.89. The minimum Gasteiger partial charge on any atom is -0.444 e. The molecule has 2 atom stereocenters. The molecule has 0 aromatic carbocycles. The van der Waals surface area contributed by atoms with E-state index in [9.17, 15) is 9.59 Å². The molecule has 6 heteroatoms. The van der Waals surface area contributed by atoms with Gasteiger partial charge >= 0.3 is 6.09 Å². The number of nitrogens with zero attached hydrogens (tertiary/aromatic N) is 3. The number of likely N-dealkylation sites (tertiary alicyclic amines) is 2. The number of pyridine rings is 1. The van der Waals surface area contributed by atoms with Crippen LogP contribution in [0.2, 0.25) is 0 Å². The molecule has 1 aromatic heterocycles. The van der Waals surface area contributed by atoms with Gasteiger partial charge in [0.1, 0.15) is 5.60 Å². The molecule has 0 bridgehead atoms. The summed E-state index contributed by atoms with van der Waals surface area (Å²) in [6.07, 6.45) is 7.08. The fourth-order valence-electron chi connectivity index (χ4n) is 4.02. The molecule has 2 amide bonds. The number of carbonyl (C=O) groups excluding carboxylic acids is 2. The fourth-order valence-corrected chi connectivity index (χ4v) is 4.02. The third-order valence-corrected chi connectivity index (χ3v) is 5.14. The van der Waals surface area contributed by atoms with Crippen LogP contribution < -0.4 is 0 Å². The first kappa shape index (κ1) is 18.7. The van der Waals surface area contributed by atoms with Gasteiger partial charge in [0.15, 0.2) is 0 Å². The summed E-state index contributed by atoms with van der Waals surface area (Å²) in [5.74, 6) is 0.364. The Morgan fingerprint density at radius 1 is 1.12 bits per heavy atom. The molecule has 3 rings (SSSR count). The first-order valence-corrected chi connectivity index (χ1v) is 9.54. The van der Waals surface area contributed by atoms with Gasteiger partial charge in [-0.05, 0) is 64.5 Å². The molecule has 0 radical (unpaired) electrons. The van der Waals surface area contributed by atoms with Crippen LogP contribution in [0.1, 0.15) is 56.8 Å². The highest BCUT2D eigenvalue weighted by Crippen LogP contribution is 2.32. The molecular formula is C20H29N3O3. The molecule has 0 aliphatic carbocycles. The second kappa shape index (κ2) is 7.64. The summed E-state index contributed by atoms with van der Waals surface area (Å²) in [6, 6.07) is 3.68. The third-order valence-electron chi connectivity index (χ3n) is 5.14. The number of amides is 2. The van der Waals surface area contributed by atoms with Crippen molar-refractivity contribution in [1.82, 2.24) is 14.8 Å². The van der Waals surface area contributed by atoms with Crippen LogP contribution in [0.15, 0.2) is 24.5 Å². The maximum Gasteiger partial charge on any atom is 0.410 e. The lowest BCUT2D eigenvalue weighted by Crippen LogP contribution is -2.49. The Morgan fingerprint density at radius 3 is 2.50 bits per heavy atom. The molecule has 0 N–H and O–H groups in total. The maximum absolute atomic E-state index is 12.8. The van der Waals surface area contributed by atoms with Crippen molar-refractivity contribution in [1.29, 1.82) is 0 Å².